The average molecular weight is 228 g/mol. The van der Waals surface area contributed by atoms with Crippen molar-refractivity contribution in [1.29, 1.82) is 0 Å². The van der Waals surface area contributed by atoms with Crippen LogP contribution in [-0.4, -0.2) is 27.1 Å². The van der Waals surface area contributed by atoms with Gasteiger partial charge in [0.05, 0.1) is 6.54 Å². The van der Waals surface area contributed by atoms with E-state index in [4.69, 9.17) is 0 Å². The SMILES string of the molecule is O=C(c1ccccc1)c1nnc2n1CCNC2. The number of benzene rings is 1. The minimum Gasteiger partial charge on any atom is -0.308 e. The monoisotopic (exact) mass is 228 g/mol. The molecule has 0 saturated carbocycles. The summed E-state index contributed by atoms with van der Waals surface area (Å²) in [4.78, 5) is 12.2. The Morgan fingerprint density at radius 3 is 2.88 bits per heavy atom. The Hall–Kier alpha value is -2.01. The van der Waals surface area contributed by atoms with E-state index in [-0.39, 0.29) is 5.78 Å². The fraction of sp³-hybridized carbons (Fsp3) is 0.250. The van der Waals surface area contributed by atoms with Gasteiger partial charge in [0.1, 0.15) is 5.82 Å². The Morgan fingerprint density at radius 1 is 1.24 bits per heavy atom. The molecule has 0 saturated heterocycles. The second kappa shape index (κ2) is 4.10. The summed E-state index contributed by atoms with van der Waals surface area (Å²) in [5, 5.41) is 11.2. The van der Waals surface area contributed by atoms with Crippen LogP contribution in [0.3, 0.4) is 0 Å². The molecular formula is C12H12N4O. The summed E-state index contributed by atoms with van der Waals surface area (Å²) in [5.74, 6) is 1.20. The van der Waals surface area contributed by atoms with E-state index >= 15 is 0 Å². The number of hydrogen-bond donors (Lipinski definition) is 1. The zero-order valence-electron chi connectivity index (χ0n) is 9.26. The summed E-state index contributed by atoms with van der Waals surface area (Å²) in [6.07, 6.45) is 0. The molecule has 1 aromatic heterocycles. The van der Waals surface area contributed by atoms with E-state index in [2.05, 4.69) is 15.5 Å². The van der Waals surface area contributed by atoms with E-state index < -0.39 is 0 Å². The summed E-state index contributed by atoms with van der Waals surface area (Å²) in [6.45, 7) is 2.27. The second-order valence-corrected chi connectivity index (χ2v) is 3.96. The maximum absolute atomic E-state index is 12.2. The van der Waals surface area contributed by atoms with Crippen LogP contribution >= 0.6 is 0 Å². The molecule has 86 valence electrons. The second-order valence-electron chi connectivity index (χ2n) is 3.96. The van der Waals surface area contributed by atoms with E-state index in [9.17, 15) is 4.79 Å². The van der Waals surface area contributed by atoms with Gasteiger partial charge in [0.15, 0.2) is 0 Å². The molecule has 0 spiro atoms. The van der Waals surface area contributed by atoms with E-state index in [1.165, 1.54) is 0 Å². The van der Waals surface area contributed by atoms with Crippen molar-refractivity contribution in [2.24, 2.45) is 0 Å². The van der Waals surface area contributed by atoms with Crippen molar-refractivity contribution in [3.05, 3.63) is 47.5 Å². The van der Waals surface area contributed by atoms with E-state index in [0.29, 0.717) is 17.9 Å². The highest BCUT2D eigenvalue weighted by molar-refractivity contribution is 6.06. The summed E-state index contributed by atoms with van der Waals surface area (Å²) in [5.41, 5.74) is 0.654. The molecule has 5 heteroatoms. The number of rotatable bonds is 2. The van der Waals surface area contributed by atoms with Gasteiger partial charge in [-0.25, -0.2) is 0 Å². The molecule has 0 fully saturated rings. The molecule has 1 N–H and O–H groups in total. The molecule has 5 nitrogen and oxygen atoms in total. The number of carbonyl (C=O) groups is 1. The maximum atomic E-state index is 12.2. The molecule has 0 unspecified atom stereocenters. The van der Waals surface area contributed by atoms with Gasteiger partial charge in [0.2, 0.25) is 11.6 Å². The molecule has 0 bridgehead atoms. The van der Waals surface area contributed by atoms with E-state index in [0.717, 1.165) is 18.9 Å². The molecule has 0 aliphatic carbocycles. The lowest BCUT2D eigenvalue weighted by atomic mass is 10.1. The first-order valence-electron chi connectivity index (χ1n) is 5.59. The molecule has 0 amide bonds. The van der Waals surface area contributed by atoms with Crippen LogP contribution in [0.2, 0.25) is 0 Å². The minimum absolute atomic E-state index is 0.0637. The molecule has 0 atom stereocenters. The normalized spacial score (nSPS) is 14.4. The molecule has 3 rings (SSSR count). The van der Waals surface area contributed by atoms with Crippen molar-refractivity contribution in [2.45, 2.75) is 13.1 Å². The summed E-state index contributed by atoms with van der Waals surface area (Å²) >= 11 is 0. The van der Waals surface area contributed by atoms with E-state index in [1.807, 2.05) is 22.8 Å². The third-order valence-corrected chi connectivity index (χ3v) is 2.86. The van der Waals surface area contributed by atoms with Gasteiger partial charge < -0.3 is 9.88 Å². The zero-order chi connectivity index (χ0) is 11.7. The molecule has 17 heavy (non-hydrogen) atoms. The Kier molecular flexibility index (Phi) is 2.45. The molecule has 1 aliphatic heterocycles. The first kappa shape index (κ1) is 10.2. The van der Waals surface area contributed by atoms with E-state index in [1.54, 1.807) is 12.1 Å². The highest BCUT2D eigenvalue weighted by atomic mass is 16.1. The first-order valence-corrected chi connectivity index (χ1v) is 5.59. The van der Waals surface area contributed by atoms with Gasteiger partial charge in [-0.3, -0.25) is 4.79 Å². The number of fused-ring (bicyclic) bond motifs is 1. The van der Waals surface area contributed by atoms with Crippen molar-refractivity contribution in [2.75, 3.05) is 6.54 Å². The topological polar surface area (TPSA) is 59.8 Å². The predicted molar refractivity (Wildman–Crippen MR) is 61.6 cm³/mol. The van der Waals surface area contributed by atoms with Crippen LogP contribution < -0.4 is 5.32 Å². The summed E-state index contributed by atoms with van der Waals surface area (Å²) in [7, 11) is 0. The highest BCUT2D eigenvalue weighted by Gasteiger charge is 2.21. The van der Waals surface area contributed by atoms with Crippen molar-refractivity contribution in [3.63, 3.8) is 0 Å². The standard InChI is InChI=1S/C12H12N4O/c17-11(9-4-2-1-3-5-9)12-15-14-10-8-13-6-7-16(10)12/h1-5,13H,6-8H2. The van der Waals surface area contributed by atoms with Crippen LogP contribution in [0.15, 0.2) is 30.3 Å². The molecule has 0 radical (unpaired) electrons. The van der Waals surface area contributed by atoms with Gasteiger partial charge in [-0.1, -0.05) is 30.3 Å². The average Bonchev–Trinajstić information content (AvgIpc) is 2.83. The maximum Gasteiger partial charge on any atom is 0.230 e. The van der Waals surface area contributed by atoms with Gasteiger partial charge >= 0.3 is 0 Å². The molecule has 2 aromatic rings. The van der Waals surface area contributed by atoms with Gasteiger partial charge in [-0.05, 0) is 0 Å². The number of hydrogen-bond acceptors (Lipinski definition) is 4. The lowest BCUT2D eigenvalue weighted by Gasteiger charge is -2.15. The quantitative estimate of drug-likeness (QED) is 0.765. The lowest BCUT2D eigenvalue weighted by molar-refractivity contribution is 0.102. The van der Waals surface area contributed by atoms with Gasteiger partial charge in [0, 0.05) is 18.7 Å². The number of carbonyl (C=O) groups excluding carboxylic acids is 1. The minimum atomic E-state index is -0.0637. The van der Waals surface area contributed by atoms with Gasteiger partial charge in [-0.2, -0.15) is 0 Å². The smallest absolute Gasteiger partial charge is 0.230 e. The Labute approximate surface area is 98.5 Å². The van der Waals surface area contributed by atoms with Crippen LogP contribution in [0.5, 0.6) is 0 Å². The Bertz CT molecular complexity index is 547. The largest absolute Gasteiger partial charge is 0.308 e. The molecule has 1 aliphatic rings. The number of aromatic nitrogens is 3. The Morgan fingerprint density at radius 2 is 2.06 bits per heavy atom. The fourth-order valence-electron chi connectivity index (χ4n) is 1.98. The van der Waals surface area contributed by atoms with Crippen LogP contribution in [0.4, 0.5) is 0 Å². The van der Waals surface area contributed by atoms with Gasteiger partial charge in [0.25, 0.3) is 0 Å². The lowest BCUT2D eigenvalue weighted by Crippen LogP contribution is -2.30. The van der Waals surface area contributed by atoms with Crippen LogP contribution in [0.1, 0.15) is 22.0 Å². The van der Waals surface area contributed by atoms with Crippen molar-refractivity contribution in [1.82, 2.24) is 20.1 Å². The highest BCUT2D eigenvalue weighted by Crippen LogP contribution is 2.11. The number of nitrogens with zero attached hydrogens (tertiary/aromatic N) is 3. The molecule has 1 aromatic carbocycles. The zero-order valence-corrected chi connectivity index (χ0v) is 9.26. The van der Waals surface area contributed by atoms with Crippen LogP contribution in [0, 0.1) is 0 Å². The van der Waals surface area contributed by atoms with Crippen molar-refractivity contribution in [3.8, 4) is 0 Å². The Balaban J connectivity index is 2.00. The summed E-state index contributed by atoms with van der Waals surface area (Å²) in [6, 6.07) is 9.18. The van der Waals surface area contributed by atoms with Crippen LogP contribution in [0.25, 0.3) is 0 Å². The number of nitrogens with one attached hydrogen (secondary N) is 1. The van der Waals surface area contributed by atoms with Gasteiger partial charge in [-0.15, -0.1) is 10.2 Å². The number of ketones is 1. The fourth-order valence-corrected chi connectivity index (χ4v) is 1.98. The van der Waals surface area contributed by atoms with Crippen LogP contribution in [-0.2, 0) is 13.1 Å². The first-order chi connectivity index (χ1) is 8.36. The molecule has 2 heterocycles. The van der Waals surface area contributed by atoms with Crippen molar-refractivity contribution >= 4 is 5.78 Å². The third kappa shape index (κ3) is 1.74. The van der Waals surface area contributed by atoms with Crippen molar-refractivity contribution < 1.29 is 4.79 Å². The predicted octanol–water partition coefficient (Wildman–Crippen LogP) is 0.612. The third-order valence-electron chi connectivity index (χ3n) is 2.86. The summed E-state index contributed by atoms with van der Waals surface area (Å²) < 4.78 is 1.89. The molecular weight excluding hydrogens is 216 g/mol.